The van der Waals surface area contributed by atoms with Gasteiger partial charge in [-0.15, -0.1) is 0 Å². The maximum atomic E-state index is 11.0. The van der Waals surface area contributed by atoms with Crippen LogP contribution in [0.25, 0.3) is 0 Å². The largest absolute Gasteiger partial charge is 0.342 e. The smallest absolute Gasteiger partial charge is 0.311 e. The molecule has 0 saturated heterocycles. The van der Waals surface area contributed by atoms with Gasteiger partial charge >= 0.3 is 15.3 Å². The summed E-state index contributed by atoms with van der Waals surface area (Å²) in [6.07, 6.45) is 0. The van der Waals surface area contributed by atoms with E-state index < -0.39 is 30.7 Å². The molecule has 23 heavy (non-hydrogen) atoms. The number of nitrogens with one attached hydrogen (secondary N) is 2. The van der Waals surface area contributed by atoms with E-state index in [1.165, 1.54) is 11.8 Å². The van der Waals surface area contributed by atoms with Crippen LogP contribution in [0.15, 0.2) is 0 Å². The number of hydrogen-bond donors (Lipinski definition) is 8. The van der Waals surface area contributed by atoms with Crippen molar-refractivity contribution in [2.24, 2.45) is 33.0 Å². The Hall–Kier alpha value is 0.870. The van der Waals surface area contributed by atoms with E-state index in [4.69, 9.17) is 52.4 Å². The molecular formula is C4H22N8O6P4S. The van der Waals surface area contributed by atoms with Crippen LogP contribution in [-0.2, 0) is 26.8 Å². The van der Waals surface area contributed by atoms with E-state index >= 15 is 0 Å². The van der Waals surface area contributed by atoms with Crippen molar-refractivity contribution in [2.75, 3.05) is 24.7 Å². The standard InChI is InChI=1S/C4H22N8O6P4S/c5-19(6,13)17-21(9,10)15-1-3-23-4-2-16-22(11,12)18-20(7,8)14/h1-4H2,(H3,9,10)(H3,11,12)(H4,5,6,13)(H4,7,8,14). The quantitative estimate of drug-likeness (QED) is 0.156. The summed E-state index contributed by atoms with van der Waals surface area (Å²) in [5.74, 6) is 0.760. The summed E-state index contributed by atoms with van der Waals surface area (Å²) in [5.41, 5.74) is 30.4. The van der Waals surface area contributed by atoms with Crippen molar-refractivity contribution < 1.29 is 26.8 Å². The molecule has 2 unspecified atom stereocenters. The van der Waals surface area contributed by atoms with Gasteiger partial charge < -0.3 is 9.05 Å². The number of nitrogens with two attached hydrogens (primary N) is 6. The normalized spacial score (nSPS) is 18.3. The first-order valence-corrected chi connectivity index (χ1v) is 13.7. The molecule has 0 rings (SSSR count). The molecule has 0 fully saturated rings. The first kappa shape index (κ1) is 23.9. The zero-order chi connectivity index (χ0) is 18.4. The molecule has 140 valence electrons. The average molecular weight is 434 g/mol. The first-order chi connectivity index (χ1) is 10.1. The maximum Gasteiger partial charge on any atom is 0.342 e. The Morgan fingerprint density at radius 1 is 0.739 bits per heavy atom. The van der Waals surface area contributed by atoms with Crippen LogP contribution in [0.1, 0.15) is 0 Å². The van der Waals surface area contributed by atoms with Crippen LogP contribution in [0.2, 0.25) is 0 Å². The van der Waals surface area contributed by atoms with Gasteiger partial charge in [0.15, 0.2) is 0 Å². The average Bonchev–Trinajstić information content (AvgIpc) is 2.20. The highest BCUT2D eigenvalue weighted by molar-refractivity contribution is 7.99. The van der Waals surface area contributed by atoms with Crippen LogP contribution in [0.4, 0.5) is 0 Å². The molecule has 0 heterocycles. The van der Waals surface area contributed by atoms with Crippen LogP contribution >= 0.6 is 42.4 Å². The highest BCUT2D eigenvalue weighted by Crippen LogP contribution is 2.52. The molecular weight excluding hydrogens is 412 g/mol. The predicted octanol–water partition coefficient (Wildman–Crippen LogP) is 0.804. The molecule has 0 amide bonds. The molecule has 0 aromatic carbocycles. The van der Waals surface area contributed by atoms with E-state index in [-0.39, 0.29) is 13.2 Å². The Kier molecular flexibility index (Phi) is 9.90. The van der Waals surface area contributed by atoms with Gasteiger partial charge in [0.1, 0.15) is 0 Å². The van der Waals surface area contributed by atoms with Gasteiger partial charge in [-0.2, -0.15) is 11.8 Å². The highest BCUT2D eigenvalue weighted by atomic mass is 32.2. The highest BCUT2D eigenvalue weighted by Gasteiger charge is 2.23. The van der Waals surface area contributed by atoms with Crippen molar-refractivity contribution in [1.82, 2.24) is 0 Å². The van der Waals surface area contributed by atoms with Gasteiger partial charge in [0, 0.05) is 11.5 Å². The van der Waals surface area contributed by atoms with E-state index in [9.17, 15) is 9.13 Å². The van der Waals surface area contributed by atoms with Gasteiger partial charge in [0.2, 0.25) is 0 Å². The van der Waals surface area contributed by atoms with Crippen LogP contribution < -0.4 is 33.0 Å². The molecule has 14 N–H and O–H groups in total. The van der Waals surface area contributed by atoms with Crippen LogP contribution in [0.5, 0.6) is 0 Å². The Balaban J connectivity index is 3.87. The fourth-order valence-electron chi connectivity index (χ4n) is 0.992. The molecule has 0 bridgehead atoms. The summed E-state index contributed by atoms with van der Waals surface area (Å²) in [6.45, 7) is 0.0268. The molecule has 0 spiro atoms. The SMILES string of the molecule is N=P(N)(OCCSCCOP(=N)(N)OP(N)(N)=O)OP(N)(N)=O. The van der Waals surface area contributed by atoms with Gasteiger partial charge in [-0.25, -0.2) is 30.6 Å². The molecule has 0 aliphatic carbocycles. The molecule has 19 heteroatoms. The third-order valence-electron chi connectivity index (χ3n) is 1.52. The van der Waals surface area contributed by atoms with E-state index in [1.807, 2.05) is 0 Å². The Morgan fingerprint density at radius 3 is 1.30 bits per heavy atom. The van der Waals surface area contributed by atoms with Gasteiger partial charge in [0.25, 0.3) is 15.3 Å². The maximum absolute atomic E-state index is 11.0. The molecule has 0 aromatic heterocycles. The zero-order valence-electron chi connectivity index (χ0n) is 11.9. The predicted molar refractivity (Wildman–Crippen MR) is 91.0 cm³/mol. The van der Waals surface area contributed by atoms with Gasteiger partial charge in [-0.05, 0) is 0 Å². The Bertz CT molecular complexity index is 515. The summed E-state index contributed by atoms with van der Waals surface area (Å²) < 4.78 is 40.7. The second-order valence-corrected chi connectivity index (χ2v) is 11.9. The monoisotopic (exact) mass is 434 g/mol. The minimum Gasteiger partial charge on any atom is -0.311 e. The van der Waals surface area contributed by atoms with Crippen molar-refractivity contribution in [2.45, 2.75) is 0 Å². The molecule has 2 atom stereocenters. The summed E-state index contributed by atoms with van der Waals surface area (Å²) in [7, 11) is -15.0. The van der Waals surface area contributed by atoms with Crippen LogP contribution in [0.3, 0.4) is 0 Å². The number of thioether (sulfide) groups is 1. The Labute approximate surface area is 137 Å². The second kappa shape index (κ2) is 9.54. The van der Waals surface area contributed by atoms with Crippen LogP contribution in [-0.4, -0.2) is 24.7 Å². The van der Waals surface area contributed by atoms with Crippen molar-refractivity contribution in [3.8, 4) is 0 Å². The van der Waals surface area contributed by atoms with Crippen LogP contribution in [0, 0.1) is 10.3 Å². The fraction of sp³-hybridized carbons (Fsp3) is 1.00. The summed E-state index contributed by atoms with van der Waals surface area (Å²) >= 11 is 1.30. The minimum atomic E-state index is -3.89. The van der Waals surface area contributed by atoms with Crippen molar-refractivity contribution >= 4 is 42.4 Å². The van der Waals surface area contributed by atoms with E-state index in [2.05, 4.69) is 8.62 Å². The molecule has 14 nitrogen and oxygen atoms in total. The lowest BCUT2D eigenvalue weighted by molar-refractivity contribution is 0.321. The molecule has 0 aromatic rings. The Morgan fingerprint density at radius 2 is 1.04 bits per heavy atom. The summed E-state index contributed by atoms with van der Waals surface area (Å²) in [4.78, 5) is 0. The first-order valence-electron chi connectivity index (χ1n) is 5.61. The lowest BCUT2D eigenvalue weighted by Crippen LogP contribution is -2.13. The van der Waals surface area contributed by atoms with Crippen molar-refractivity contribution in [1.29, 1.82) is 10.3 Å². The number of hydrogen-bond acceptors (Lipinski definition) is 9. The second-order valence-electron chi connectivity index (χ2n) is 3.93. The summed E-state index contributed by atoms with van der Waals surface area (Å²) in [6, 6.07) is 0. The van der Waals surface area contributed by atoms with Crippen molar-refractivity contribution in [3.63, 3.8) is 0 Å². The van der Waals surface area contributed by atoms with Gasteiger partial charge in [0.05, 0.1) is 13.2 Å². The van der Waals surface area contributed by atoms with E-state index in [0.29, 0.717) is 11.5 Å². The molecule has 0 saturated carbocycles. The summed E-state index contributed by atoms with van der Waals surface area (Å²) in [5, 5.41) is 14.9. The minimum absolute atomic E-state index is 0.0134. The third-order valence-corrected chi connectivity index (χ3v) is 7.54. The molecule has 0 aliphatic heterocycles. The van der Waals surface area contributed by atoms with E-state index in [0.717, 1.165) is 0 Å². The third kappa shape index (κ3) is 16.1. The fourth-order valence-corrected chi connectivity index (χ4v) is 5.98. The number of rotatable bonds is 12. The lowest BCUT2D eigenvalue weighted by atomic mass is 10.9. The van der Waals surface area contributed by atoms with Gasteiger partial charge in [-0.1, -0.05) is 0 Å². The van der Waals surface area contributed by atoms with E-state index in [1.54, 1.807) is 0 Å². The lowest BCUT2D eigenvalue weighted by Gasteiger charge is -2.19. The topological polar surface area (TPSA) is 275 Å². The van der Waals surface area contributed by atoms with Crippen molar-refractivity contribution in [3.05, 3.63) is 0 Å². The molecule has 0 radical (unpaired) electrons. The molecule has 0 aliphatic rings. The zero-order valence-corrected chi connectivity index (χ0v) is 16.3. The van der Waals surface area contributed by atoms with Gasteiger partial charge in [-0.3, -0.25) is 30.5 Å².